The Morgan fingerprint density at radius 2 is 1.50 bits per heavy atom. The summed E-state index contributed by atoms with van der Waals surface area (Å²) in [6, 6.07) is 0. The standard InChI is InChI=1S/C30H46O8/c1-16(12-27(34)35-7)22-8-9-23-28-24(15-26(30(22,23)6)38-19(4)33)29(5)11-10-21(36-17(2)31)13-20(29)14-25(28)37-18(3)32/h16,20-26,28H,8-15H2,1-7H3/t16-,20+,21-,22-,23+,24+,25-,26+,28+,29+,30-/m1/s1. The van der Waals surface area contributed by atoms with Crippen molar-refractivity contribution in [2.24, 2.45) is 46.3 Å². The van der Waals surface area contributed by atoms with Crippen LogP contribution >= 0.6 is 0 Å². The van der Waals surface area contributed by atoms with Gasteiger partial charge in [-0.2, -0.15) is 0 Å². The van der Waals surface area contributed by atoms with Crippen LogP contribution in [0.4, 0.5) is 0 Å². The van der Waals surface area contributed by atoms with Crippen molar-refractivity contribution in [3.8, 4) is 0 Å². The first kappa shape index (κ1) is 28.9. The number of hydrogen-bond acceptors (Lipinski definition) is 8. The Kier molecular flexibility index (Phi) is 8.21. The normalized spacial score (nSPS) is 42.5. The van der Waals surface area contributed by atoms with Crippen molar-refractivity contribution in [2.75, 3.05) is 7.11 Å². The zero-order chi connectivity index (χ0) is 28.0. The van der Waals surface area contributed by atoms with E-state index in [2.05, 4.69) is 20.8 Å². The van der Waals surface area contributed by atoms with E-state index >= 15 is 0 Å². The van der Waals surface area contributed by atoms with E-state index in [1.165, 1.54) is 27.9 Å². The maximum absolute atomic E-state index is 12.4. The highest BCUT2D eigenvalue weighted by Gasteiger charge is 2.67. The number of esters is 4. The van der Waals surface area contributed by atoms with Gasteiger partial charge in [-0.25, -0.2) is 0 Å². The topological polar surface area (TPSA) is 105 Å². The van der Waals surface area contributed by atoms with E-state index in [1.807, 2.05) is 0 Å². The fraction of sp³-hybridized carbons (Fsp3) is 0.867. The summed E-state index contributed by atoms with van der Waals surface area (Å²) in [4.78, 5) is 48.6. The summed E-state index contributed by atoms with van der Waals surface area (Å²) in [6.07, 6.45) is 5.53. The average molecular weight is 535 g/mol. The summed E-state index contributed by atoms with van der Waals surface area (Å²) in [5, 5.41) is 0. The van der Waals surface area contributed by atoms with Crippen molar-refractivity contribution in [3.05, 3.63) is 0 Å². The SMILES string of the molecule is COC(=O)C[C@@H](C)[C@H]1CC[C@H]2[C@@H]3[C@H](OC(C)=O)C[C@@H]4C[C@H](OC(C)=O)CC[C@]4(C)[C@H]3C[C@H](OC(C)=O)[C@]12C. The molecule has 8 heteroatoms. The maximum Gasteiger partial charge on any atom is 0.305 e. The monoisotopic (exact) mass is 534 g/mol. The van der Waals surface area contributed by atoms with Gasteiger partial charge in [-0.15, -0.1) is 0 Å². The molecule has 0 N–H and O–H groups in total. The minimum atomic E-state index is -0.336. The Balaban J connectivity index is 1.72. The third kappa shape index (κ3) is 5.08. The largest absolute Gasteiger partial charge is 0.469 e. The van der Waals surface area contributed by atoms with Crippen LogP contribution in [-0.2, 0) is 38.1 Å². The maximum atomic E-state index is 12.4. The van der Waals surface area contributed by atoms with Crippen molar-refractivity contribution in [1.29, 1.82) is 0 Å². The molecule has 0 aromatic rings. The first-order chi connectivity index (χ1) is 17.8. The van der Waals surface area contributed by atoms with E-state index in [0.29, 0.717) is 12.8 Å². The quantitative estimate of drug-likeness (QED) is 0.351. The lowest BCUT2D eigenvalue weighted by molar-refractivity contribution is -0.224. The van der Waals surface area contributed by atoms with E-state index in [0.717, 1.165) is 38.5 Å². The van der Waals surface area contributed by atoms with Gasteiger partial charge in [0.15, 0.2) is 0 Å². The highest BCUT2D eigenvalue weighted by Crippen LogP contribution is 2.69. The Morgan fingerprint density at radius 1 is 0.842 bits per heavy atom. The molecule has 0 heterocycles. The Labute approximate surface area is 226 Å². The summed E-state index contributed by atoms with van der Waals surface area (Å²) in [7, 11) is 1.42. The lowest BCUT2D eigenvalue weighted by Gasteiger charge is -2.64. The highest BCUT2D eigenvalue weighted by molar-refractivity contribution is 5.69. The van der Waals surface area contributed by atoms with Crippen LogP contribution in [0.2, 0.25) is 0 Å². The molecule has 4 aliphatic rings. The van der Waals surface area contributed by atoms with Crippen molar-refractivity contribution in [2.45, 2.75) is 111 Å². The van der Waals surface area contributed by atoms with Gasteiger partial charge in [0, 0.05) is 38.5 Å². The molecule has 0 bridgehead atoms. The summed E-state index contributed by atoms with van der Waals surface area (Å²) >= 11 is 0. The second-order valence-electron chi connectivity index (χ2n) is 13.0. The first-order valence-electron chi connectivity index (χ1n) is 14.4. The smallest absolute Gasteiger partial charge is 0.305 e. The molecule has 4 rings (SSSR count). The zero-order valence-electron chi connectivity index (χ0n) is 24.1. The molecule has 0 aliphatic heterocycles. The summed E-state index contributed by atoms with van der Waals surface area (Å²) in [5.41, 5.74) is -0.371. The Hall–Kier alpha value is -2.12. The van der Waals surface area contributed by atoms with Gasteiger partial charge in [0.1, 0.15) is 18.3 Å². The molecule has 214 valence electrons. The molecular weight excluding hydrogens is 488 g/mol. The second-order valence-corrected chi connectivity index (χ2v) is 13.0. The molecule has 0 unspecified atom stereocenters. The van der Waals surface area contributed by atoms with Crippen LogP contribution in [-0.4, -0.2) is 49.3 Å². The van der Waals surface area contributed by atoms with Gasteiger partial charge >= 0.3 is 23.9 Å². The molecule has 4 fully saturated rings. The van der Waals surface area contributed by atoms with Crippen LogP contribution in [0, 0.1) is 46.3 Å². The predicted octanol–water partition coefficient (Wildman–Crippen LogP) is 4.86. The summed E-state index contributed by atoms with van der Waals surface area (Å²) in [6.45, 7) is 11.1. The number of methoxy groups -OCH3 is 1. The van der Waals surface area contributed by atoms with Gasteiger partial charge in [0.05, 0.1) is 7.11 Å². The van der Waals surface area contributed by atoms with E-state index in [1.54, 1.807) is 0 Å². The van der Waals surface area contributed by atoms with Crippen LogP contribution in [0.3, 0.4) is 0 Å². The molecular formula is C30H46O8. The molecule has 8 nitrogen and oxygen atoms in total. The van der Waals surface area contributed by atoms with Crippen molar-refractivity contribution < 1.29 is 38.1 Å². The van der Waals surface area contributed by atoms with E-state index in [-0.39, 0.29) is 88.5 Å². The molecule has 0 spiro atoms. The molecule has 0 aromatic heterocycles. The van der Waals surface area contributed by atoms with E-state index < -0.39 is 0 Å². The lowest BCUT2D eigenvalue weighted by Crippen LogP contribution is -2.63. The number of ether oxygens (including phenoxy) is 4. The van der Waals surface area contributed by atoms with Crippen LogP contribution in [0.5, 0.6) is 0 Å². The second kappa shape index (κ2) is 10.8. The first-order valence-corrected chi connectivity index (χ1v) is 14.4. The lowest BCUT2D eigenvalue weighted by atomic mass is 9.43. The number of carbonyl (C=O) groups is 4. The van der Waals surface area contributed by atoms with Gasteiger partial charge in [-0.3, -0.25) is 19.2 Å². The van der Waals surface area contributed by atoms with E-state index in [9.17, 15) is 19.2 Å². The summed E-state index contributed by atoms with van der Waals surface area (Å²) < 4.78 is 22.8. The zero-order valence-corrected chi connectivity index (χ0v) is 24.1. The fourth-order valence-electron chi connectivity index (χ4n) is 9.60. The molecule has 4 saturated carbocycles. The molecule has 0 aromatic carbocycles. The minimum Gasteiger partial charge on any atom is -0.469 e. The van der Waals surface area contributed by atoms with Crippen molar-refractivity contribution in [3.63, 3.8) is 0 Å². The van der Waals surface area contributed by atoms with Gasteiger partial charge in [0.2, 0.25) is 0 Å². The number of rotatable bonds is 6. The number of fused-ring (bicyclic) bond motifs is 5. The molecule has 4 aliphatic carbocycles. The Bertz CT molecular complexity index is 947. The highest BCUT2D eigenvalue weighted by atomic mass is 16.6. The fourth-order valence-corrected chi connectivity index (χ4v) is 9.60. The van der Waals surface area contributed by atoms with E-state index in [4.69, 9.17) is 18.9 Å². The minimum absolute atomic E-state index is 0.0343. The number of carbonyl (C=O) groups excluding carboxylic acids is 4. The Morgan fingerprint density at radius 3 is 2.11 bits per heavy atom. The van der Waals surface area contributed by atoms with Crippen LogP contribution in [0.15, 0.2) is 0 Å². The van der Waals surface area contributed by atoms with Crippen molar-refractivity contribution >= 4 is 23.9 Å². The third-order valence-electron chi connectivity index (χ3n) is 11.1. The van der Waals surface area contributed by atoms with Gasteiger partial charge in [-0.05, 0) is 80.0 Å². The van der Waals surface area contributed by atoms with Gasteiger partial charge < -0.3 is 18.9 Å². The van der Waals surface area contributed by atoms with Gasteiger partial charge in [0.25, 0.3) is 0 Å². The molecule has 38 heavy (non-hydrogen) atoms. The van der Waals surface area contributed by atoms with Crippen molar-refractivity contribution in [1.82, 2.24) is 0 Å². The molecule has 0 amide bonds. The van der Waals surface area contributed by atoms with Gasteiger partial charge in [-0.1, -0.05) is 20.8 Å². The van der Waals surface area contributed by atoms with Crippen LogP contribution in [0.25, 0.3) is 0 Å². The molecule has 11 atom stereocenters. The molecule has 0 radical (unpaired) electrons. The third-order valence-corrected chi connectivity index (χ3v) is 11.1. The predicted molar refractivity (Wildman–Crippen MR) is 138 cm³/mol. The number of hydrogen-bond donors (Lipinski definition) is 0. The van der Waals surface area contributed by atoms with Crippen LogP contribution in [0.1, 0.15) is 92.9 Å². The average Bonchev–Trinajstić information content (AvgIpc) is 3.17. The molecule has 0 saturated heterocycles. The van der Waals surface area contributed by atoms with Crippen LogP contribution < -0.4 is 0 Å². The summed E-state index contributed by atoms with van der Waals surface area (Å²) in [5.74, 6) is 0.00858.